The fourth-order valence-electron chi connectivity index (χ4n) is 2.65. The standard InChI is InChI=1S/C22H28ClNO2/c1-3-4-5-6-7-8-15-26-20-13-10-18(11-14-20)22(25)24-19-12-9-17(2)21(23)16-19/h9-14,16H,3-8,15H2,1-2H3,(H,24,25). The summed E-state index contributed by atoms with van der Waals surface area (Å²) < 4.78 is 5.75. The number of unbranched alkanes of at least 4 members (excludes halogenated alkanes) is 5. The van der Waals surface area contributed by atoms with Crippen LogP contribution in [-0.4, -0.2) is 12.5 Å². The van der Waals surface area contributed by atoms with Crippen LogP contribution in [0, 0.1) is 6.92 Å². The molecule has 1 amide bonds. The first kappa shape index (κ1) is 20.3. The van der Waals surface area contributed by atoms with Gasteiger partial charge in [0.2, 0.25) is 0 Å². The summed E-state index contributed by atoms with van der Waals surface area (Å²) in [6.07, 6.45) is 7.46. The molecule has 0 fully saturated rings. The zero-order valence-electron chi connectivity index (χ0n) is 15.7. The summed E-state index contributed by atoms with van der Waals surface area (Å²) in [7, 11) is 0. The second-order valence-corrected chi connectivity index (χ2v) is 6.97. The van der Waals surface area contributed by atoms with Crippen LogP contribution in [0.1, 0.15) is 61.4 Å². The van der Waals surface area contributed by atoms with Gasteiger partial charge in [0.05, 0.1) is 6.61 Å². The molecule has 0 aliphatic heterocycles. The molecule has 0 aliphatic carbocycles. The SMILES string of the molecule is CCCCCCCCOc1ccc(C(=O)Nc2ccc(C)c(Cl)c2)cc1. The zero-order valence-corrected chi connectivity index (χ0v) is 16.4. The highest BCUT2D eigenvalue weighted by Crippen LogP contribution is 2.21. The van der Waals surface area contributed by atoms with Crippen molar-refractivity contribution in [3.05, 3.63) is 58.6 Å². The molecule has 0 aliphatic rings. The summed E-state index contributed by atoms with van der Waals surface area (Å²) in [6.45, 7) is 4.88. The van der Waals surface area contributed by atoms with Gasteiger partial charge in [-0.05, 0) is 55.3 Å². The van der Waals surface area contributed by atoms with E-state index in [1.54, 1.807) is 18.2 Å². The Labute approximate surface area is 161 Å². The molecule has 2 aromatic carbocycles. The first-order valence-corrected chi connectivity index (χ1v) is 9.78. The lowest BCUT2D eigenvalue weighted by Crippen LogP contribution is -2.11. The van der Waals surface area contributed by atoms with Gasteiger partial charge in [-0.2, -0.15) is 0 Å². The van der Waals surface area contributed by atoms with Gasteiger partial charge < -0.3 is 10.1 Å². The normalized spacial score (nSPS) is 10.6. The van der Waals surface area contributed by atoms with Crippen molar-refractivity contribution in [1.82, 2.24) is 0 Å². The van der Waals surface area contributed by atoms with Gasteiger partial charge in [0.15, 0.2) is 0 Å². The number of hydrogen-bond donors (Lipinski definition) is 1. The third-order valence-corrected chi connectivity index (χ3v) is 4.72. The van der Waals surface area contributed by atoms with Crippen LogP contribution in [0.25, 0.3) is 0 Å². The van der Waals surface area contributed by atoms with Gasteiger partial charge in [-0.3, -0.25) is 4.79 Å². The predicted octanol–water partition coefficient (Wildman–Crippen LogP) is 6.64. The third kappa shape index (κ3) is 6.72. The molecular formula is C22H28ClNO2. The zero-order chi connectivity index (χ0) is 18.8. The van der Waals surface area contributed by atoms with Crippen LogP contribution in [0.5, 0.6) is 5.75 Å². The van der Waals surface area contributed by atoms with Crippen molar-refractivity contribution in [3.8, 4) is 5.75 Å². The molecule has 0 aromatic heterocycles. The Morgan fingerprint density at radius 1 is 1.00 bits per heavy atom. The molecule has 0 saturated carbocycles. The molecule has 140 valence electrons. The molecule has 4 heteroatoms. The molecule has 0 radical (unpaired) electrons. The van der Waals surface area contributed by atoms with Crippen LogP contribution in [0.2, 0.25) is 5.02 Å². The number of anilines is 1. The summed E-state index contributed by atoms with van der Waals surface area (Å²) in [5.74, 6) is 0.640. The Kier molecular flexibility index (Phi) is 8.49. The maximum atomic E-state index is 12.3. The van der Waals surface area contributed by atoms with Gasteiger partial charge in [0.1, 0.15) is 5.75 Å². The monoisotopic (exact) mass is 373 g/mol. The molecule has 0 atom stereocenters. The topological polar surface area (TPSA) is 38.3 Å². The number of halogens is 1. The Bertz CT molecular complexity index is 698. The van der Waals surface area contributed by atoms with E-state index in [-0.39, 0.29) is 5.91 Å². The Hall–Kier alpha value is -2.00. The van der Waals surface area contributed by atoms with Crippen molar-refractivity contribution < 1.29 is 9.53 Å². The molecule has 0 unspecified atom stereocenters. The minimum Gasteiger partial charge on any atom is -0.494 e. The average Bonchev–Trinajstić information content (AvgIpc) is 2.64. The van der Waals surface area contributed by atoms with Crippen molar-refractivity contribution in [3.63, 3.8) is 0 Å². The molecule has 0 spiro atoms. The van der Waals surface area contributed by atoms with Crippen LogP contribution in [0.3, 0.4) is 0 Å². The van der Waals surface area contributed by atoms with E-state index in [4.69, 9.17) is 16.3 Å². The maximum Gasteiger partial charge on any atom is 0.255 e. The smallest absolute Gasteiger partial charge is 0.255 e. The molecule has 2 aromatic rings. The Morgan fingerprint density at radius 2 is 1.69 bits per heavy atom. The van der Waals surface area contributed by atoms with E-state index in [0.29, 0.717) is 16.3 Å². The van der Waals surface area contributed by atoms with Crippen molar-refractivity contribution in [1.29, 1.82) is 0 Å². The van der Waals surface area contributed by atoms with Crippen molar-refractivity contribution in [2.75, 3.05) is 11.9 Å². The number of hydrogen-bond acceptors (Lipinski definition) is 2. The number of ether oxygens (including phenoxy) is 1. The van der Waals surface area contributed by atoms with Crippen LogP contribution in [-0.2, 0) is 0 Å². The number of carbonyl (C=O) groups excluding carboxylic acids is 1. The lowest BCUT2D eigenvalue weighted by molar-refractivity contribution is 0.102. The first-order valence-electron chi connectivity index (χ1n) is 9.40. The quantitative estimate of drug-likeness (QED) is 0.474. The number of nitrogens with one attached hydrogen (secondary N) is 1. The molecule has 1 N–H and O–H groups in total. The van der Waals surface area contributed by atoms with Crippen molar-refractivity contribution in [2.45, 2.75) is 52.4 Å². The molecule has 2 rings (SSSR count). The second-order valence-electron chi connectivity index (χ2n) is 6.56. The third-order valence-electron chi connectivity index (χ3n) is 4.31. The van der Waals surface area contributed by atoms with Gasteiger partial charge >= 0.3 is 0 Å². The predicted molar refractivity (Wildman–Crippen MR) is 109 cm³/mol. The number of amides is 1. The average molecular weight is 374 g/mol. The van der Waals surface area contributed by atoms with Gasteiger partial charge in [-0.1, -0.05) is 56.7 Å². The molecule has 26 heavy (non-hydrogen) atoms. The minimum atomic E-state index is -0.160. The van der Waals surface area contributed by atoms with Crippen LogP contribution < -0.4 is 10.1 Å². The second kappa shape index (κ2) is 10.9. The van der Waals surface area contributed by atoms with Crippen molar-refractivity contribution in [2.24, 2.45) is 0 Å². The van der Waals surface area contributed by atoms with Gasteiger partial charge in [-0.15, -0.1) is 0 Å². The fraction of sp³-hybridized carbons (Fsp3) is 0.409. The number of aryl methyl sites for hydroxylation is 1. The minimum absolute atomic E-state index is 0.160. The number of benzene rings is 2. The molecule has 3 nitrogen and oxygen atoms in total. The van der Waals surface area contributed by atoms with Gasteiger partial charge in [0.25, 0.3) is 5.91 Å². The lowest BCUT2D eigenvalue weighted by atomic mass is 10.1. The Morgan fingerprint density at radius 3 is 2.38 bits per heavy atom. The van der Waals surface area contributed by atoms with E-state index < -0.39 is 0 Å². The van der Waals surface area contributed by atoms with Crippen LogP contribution in [0.4, 0.5) is 5.69 Å². The van der Waals surface area contributed by atoms with Gasteiger partial charge in [0, 0.05) is 16.3 Å². The lowest BCUT2D eigenvalue weighted by Gasteiger charge is -2.09. The molecule has 0 bridgehead atoms. The molecule has 0 saturated heterocycles. The van der Waals surface area contributed by atoms with E-state index in [2.05, 4.69) is 12.2 Å². The highest BCUT2D eigenvalue weighted by atomic mass is 35.5. The van der Waals surface area contributed by atoms with Crippen LogP contribution in [0.15, 0.2) is 42.5 Å². The van der Waals surface area contributed by atoms with E-state index in [0.717, 1.165) is 24.3 Å². The number of carbonyl (C=O) groups is 1. The highest BCUT2D eigenvalue weighted by Gasteiger charge is 2.07. The molecular weight excluding hydrogens is 346 g/mol. The van der Waals surface area contributed by atoms with Crippen LogP contribution >= 0.6 is 11.6 Å². The number of rotatable bonds is 10. The largest absolute Gasteiger partial charge is 0.494 e. The first-order chi connectivity index (χ1) is 12.6. The summed E-state index contributed by atoms with van der Waals surface area (Å²) >= 11 is 6.09. The summed E-state index contributed by atoms with van der Waals surface area (Å²) in [6, 6.07) is 12.7. The summed E-state index contributed by atoms with van der Waals surface area (Å²) in [4.78, 5) is 12.3. The maximum absolute atomic E-state index is 12.3. The molecule has 0 heterocycles. The van der Waals surface area contributed by atoms with E-state index >= 15 is 0 Å². The van der Waals surface area contributed by atoms with E-state index in [1.165, 1.54) is 32.1 Å². The summed E-state index contributed by atoms with van der Waals surface area (Å²) in [5, 5.41) is 3.50. The highest BCUT2D eigenvalue weighted by molar-refractivity contribution is 6.31. The van der Waals surface area contributed by atoms with Gasteiger partial charge in [-0.25, -0.2) is 0 Å². The Balaban J connectivity index is 1.77. The fourth-order valence-corrected chi connectivity index (χ4v) is 2.83. The summed E-state index contributed by atoms with van der Waals surface area (Å²) in [5.41, 5.74) is 2.26. The van der Waals surface area contributed by atoms with E-state index in [1.807, 2.05) is 31.2 Å². The van der Waals surface area contributed by atoms with Crippen molar-refractivity contribution >= 4 is 23.2 Å². The van der Waals surface area contributed by atoms with E-state index in [9.17, 15) is 4.79 Å².